The molecular weight excluding hydrogens is 410 g/mol. The van der Waals surface area contributed by atoms with Crippen molar-refractivity contribution in [2.24, 2.45) is 0 Å². The maximum atomic E-state index is 13.4. The molecular formula is C23H19N5O2S. The van der Waals surface area contributed by atoms with Crippen molar-refractivity contribution in [2.45, 2.75) is 23.8 Å². The van der Waals surface area contributed by atoms with Crippen LogP contribution in [0.2, 0.25) is 0 Å². The molecule has 0 bridgehead atoms. The van der Waals surface area contributed by atoms with E-state index in [2.05, 4.69) is 20.6 Å². The first-order valence-electron chi connectivity index (χ1n) is 9.74. The van der Waals surface area contributed by atoms with Crippen molar-refractivity contribution >= 4 is 37.9 Å². The Labute approximate surface area is 179 Å². The van der Waals surface area contributed by atoms with E-state index in [1.54, 1.807) is 18.2 Å². The maximum Gasteiger partial charge on any atom is 0.229 e. The van der Waals surface area contributed by atoms with E-state index in [4.69, 9.17) is 0 Å². The Morgan fingerprint density at radius 3 is 2.39 bits per heavy atom. The molecule has 8 heteroatoms. The predicted octanol–water partition coefficient (Wildman–Crippen LogP) is 4.47. The smallest absolute Gasteiger partial charge is 0.229 e. The highest BCUT2D eigenvalue weighted by Gasteiger charge is 2.27. The van der Waals surface area contributed by atoms with Crippen LogP contribution in [0.3, 0.4) is 0 Å². The van der Waals surface area contributed by atoms with Crippen LogP contribution in [-0.2, 0) is 9.84 Å². The average molecular weight is 430 g/mol. The fraction of sp³-hybridized carbons (Fsp3) is 0.0870. The summed E-state index contributed by atoms with van der Waals surface area (Å²) >= 11 is 0. The molecule has 1 N–H and O–H groups in total. The summed E-state index contributed by atoms with van der Waals surface area (Å²) in [6, 6.07) is 22.2. The normalized spacial score (nSPS) is 11.8. The zero-order chi connectivity index (χ0) is 21.6. The van der Waals surface area contributed by atoms with Crippen molar-refractivity contribution in [2.75, 3.05) is 5.32 Å². The number of nitrogens with one attached hydrogen (secondary N) is 1. The van der Waals surface area contributed by atoms with Crippen LogP contribution in [0.1, 0.15) is 11.1 Å². The molecule has 0 radical (unpaired) electrons. The summed E-state index contributed by atoms with van der Waals surface area (Å²) in [4.78, 5) is 4.81. The van der Waals surface area contributed by atoms with Gasteiger partial charge in [-0.3, -0.25) is 0 Å². The molecule has 154 valence electrons. The SMILES string of the molecule is Cc1ccc(S(=O)(=O)c2nnn3c2nc(Nc2ccccc2)c2ccccc23)cc1C. The number of anilines is 2. The number of fused-ring (bicyclic) bond motifs is 3. The zero-order valence-corrected chi connectivity index (χ0v) is 17.8. The van der Waals surface area contributed by atoms with E-state index in [1.807, 2.05) is 68.4 Å². The highest BCUT2D eigenvalue weighted by Crippen LogP contribution is 2.30. The molecule has 0 aliphatic heterocycles. The Balaban J connectivity index is 1.75. The second kappa shape index (κ2) is 7.17. The van der Waals surface area contributed by atoms with Crippen LogP contribution in [0.15, 0.2) is 82.7 Å². The second-order valence-corrected chi connectivity index (χ2v) is 9.21. The Hall–Kier alpha value is -3.78. The summed E-state index contributed by atoms with van der Waals surface area (Å²) < 4.78 is 28.3. The number of hydrogen-bond acceptors (Lipinski definition) is 6. The van der Waals surface area contributed by atoms with Gasteiger partial charge in [0.15, 0.2) is 5.65 Å². The molecule has 2 aromatic heterocycles. The third-order valence-electron chi connectivity index (χ3n) is 5.30. The molecule has 0 aliphatic rings. The number of hydrogen-bond donors (Lipinski definition) is 1. The van der Waals surface area contributed by atoms with Crippen LogP contribution >= 0.6 is 0 Å². The largest absolute Gasteiger partial charge is 0.340 e. The van der Waals surface area contributed by atoms with Crippen molar-refractivity contribution in [1.29, 1.82) is 0 Å². The standard InChI is InChI=1S/C23H19N5O2S/c1-15-12-13-18(14-16(15)2)31(29,30)23-22-25-21(24-17-8-4-3-5-9-17)19-10-6-7-11-20(19)28(22)27-26-23/h3-14H,1-2H3,(H,24,25). The molecule has 0 aliphatic carbocycles. The Morgan fingerprint density at radius 1 is 0.871 bits per heavy atom. The Bertz CT molecular complexity index is 1540. The fourth-order valence-corrected chi connectivity index (χ4v) is 4.78. The topological polar surface area (TPSA) is 89.2 Å². The lowest BCUT2D eigenvalue weighted by atomic mass is 10.1. The van der Waals surface area contributed by atoms with E-state index in [9.17, 15) is 8.42 Å². The van der Waals surface area contributed by atoms with E-state index in [0.29, 0.717) is 11.3 Å². The van der Waals surface area contributed by atoms with Crippen molar-refractivity contribution < 1.29 is 8.42 Å². The molecule has 0 atom stereocenters. The van der Waals surface area contributed by atoms with Gasteiger partial charge in [-0.25, -0.2) is 13.4 Å². The lowest BCUT2D eigenvalue weighted by Gasteiger charge is -2.10. The van der Waals surface area contributed by atoms with E-state index in [0.717, 1.165) is 22.2 Å². The summed E-state index contributed by atoms with van der Waals surface area (Å²) in [7, 11) is -3.90. The molecule has 0 fully saturated rings. The first-order valence-corrected chi connectivity index (χ1v) is 11.2. The summed E-state index contributed by atoms with van der Waals surface area (Å²) in [5, 5.41) is 12.1. The molecule has 7 nitrogen and oxygen atoms in total. The van der Waals surface area contributed by atoms with Gasteiger partial charge >= 0.3 is 0 Å². The molecule has 5 aromatic rings. The summed E-state index contributed by atoms with van der Waals surface area (Å²) in [6.07, 6.45) is 0. The van der Waals surface area contributed by atoms with Gasteiger partial charge in [0.2, 0.25) is 14.9 Å². The third kappa shape index (κ3) is 3.21. The van der Waals surface area contributed by atoms with Gasteiger partial charge < -0.3 is 5.32 Å². The predicted molar refractivity (Wildman–Crippen MR) is 119 cm³/mol. The van der Waals surface area contributed by atoms with Gasteiger partial charge in [-0.1, -0.05) is 41.6 Å². The maximum absolute atomic E-state index is 13.4. The highest BCUT2D eigenvalue weighted by atomic mass is 32.2. The minimum absolute atomic E-state index is 0.169. The molecule has 31 heavy (non-hydrogen) atoms. The summed E-state index contributed by atoms with van der Waals surface area (Å²) in [5.41, 5.74) is 3.64. The van der Waals surface area contributed by atoms with Crippen molar-refractivity contribution in [3.8, 4) is 0 Å². The van der Waals surface area contributed by atoms with Crippen LogP contribution in [0.4, 0.5) is 11.5 Å². The molecule has 0 saturated carbocycles. The second-order valence-electron chi connectivity index (χ2n) is 7.35. The van der Waals surface area contributed by atoms with Gasteiger partial charge in [0.05, 0.1) is 10.4 Å². The number of sulfone groups is 1. The third-order valence-corrected chi connectivity index (χ3v) is 6.95. The average Bonchev–Trinajstić information content (AvgIpc) is 3.21. The number of aromatic nitrogens is 4. The van der Waals surface area contributed by atoms with E-state index in [-0.39, 0.29) is 15.6 Å². The van der Waals surface area contributed by atoms with Gasteiger partial charge in [0.1, 0.15) is 5.82 Å². The van der Waals surface area contributed by atoms with Gasteiger partial charge in [-0.2, -0.15) is 4.52 Å². The van der Waals surface area contributed by atoms with Crippen LogP contribution in [0.5, 0.6) is 0 Å². The summed E-state index contributed by atoms with van der Waals surface area (Å²) in [5.74, 6) is 0.535. The minimum atomic E-state index is -3.90. The molecule has 3 aromatic carbocycles. The lowest BCUT2D eigenvalue weighted by Crippen LogP contribution is -2.06. The molecule has 2 heterocycles. The Kier molecular flexibility index (Phi) is 4.44. The van der Waals surface area contributed by atoms with E-state index >= 15 is 0 Å². The fourth-order valence-electron chi connectivity index (χ4n) is 3.47. The van der Waals surface area contributed by atoms with Gasteiger partial charge in [0.25, 0.3) is 0 Å². The molecule has 0 saturated heterocycles. The van der Waals surface area contributed by atoms with Gasteiger partial charge in [-0.05, 0) is 61.4 Å². The van der Waals surface area contributed by atoms with Gasteiger partial charge in [-0.15, -0.1) is 5.10 Å². The van der Waals surface area contributed by atoms with Crippen LogP contribution in [0, 0.1) is 13.8 Å². The van der Waals surface area contributed by atoms with Crippen molar-refractivity contribution in [3.63, 3.8) is 0 Å². The van der Waals surface area contributed by atoms with E-state index in [1.165, 1.54) is 4.52 Å². The monoisotopic (exact) mass is 429 g/mol. The number of rotatable bonds is 4. The van der Waals surface area contributed by atoms with Crippen molar-refractivity contribution in [1.82, 2.24) is 19.8 Å². The first-order chi connectivity index (χ1) is 14.9. The number of benzene rings is 3. The van der Waals surface area contributed by atoms with E-state index < -0.39 is 9.84 Å². The van der Waals surface area contributed by atoms with Crippen LogP contribution < -0.4 is 5.32 Å². The number of para-hydroxylation sites is 2. The molecule has 5 rings (SSSR count). The van der Waals surface area contributed by atoms with Crippen LogP contribution in [-0.4, -0.2) is 28.2 Å². The quantitative estimate of drug-likeness (QED) is 0.453. The molecule has 0 spiro atoms. The van der Waals surface area contributed by atoms with Gasteiger partial charge in [0, 0.05) is 11.1 Å². The number of aryl methyl sites for hydroxylation is 2. The first kappa shape index (κ1) is 19.2. The minimum Gasteiger partial charge on any atom is -0.340 e. The summed E-state index contributed by atoms with van der Waals surface area (Å²) in [6.45, 7) is 3.82. The molecule has 0 unspecified atom stereocenters. The van der Waals surface area contributed by atoms with Crippen molar-refractivity contribution in [3.05, 3.63) is 83.9 Å². The lowest BCUT2D eigenvalue weighted by molar-refractivity contribution is 0.592. The molecule has 0 amide bonds. The van der Waals surface area contributed by atoms with Crippen LogP contribution in [0.25, 0.3) is 16.6 Å². The highest BCUT2D eigenvalue weighted by molar-refractivity contribution is 7.91. The number of nitrogens with zero attached hydrogens (tertiary/aromatic N) is 4. The Morgan fingerprint density at radius 2 is 1.61 bits per heavy atom. The zero-order valence-electron chi connectivity index (χ0n) is 16.9.